The van der Waals surface area contributed by atoms with Crippen LogP contribution in [0.1, 0.15) is 16.7 Å². The molecule has 0 saturated carbocycles. The number of aromatic nitrogens is 1. The molecular formula is C17H16N2O3. The number of H-pyrrole nitrogens is 1. The number of rotatable bonds is 4. The molecule has 5 heteroatoms. The van der Waals surface area contributed by atoms with Crippen molar-refractivity contribution in [3.63, 3.8) is 0 Å². The van der Waals surface area contributed by atoms with Gasteiger partial charge in [-0.05, 0) is 30.2 Å². The highest BCUT2D eigenvalue weighted by atomic mass is 16.4. The summed E-state index contributed by atoms with van der Waals surface area (Å²) in [5.41, 5.74) is 4.18. The molecule has 0 aliphatic rings. The van der Waals surface area contributed by atoms with E-state index in [2.05, 4.69) is 10.3 Å². The number of carbonyl (C=O) groups excluding carboxylic acids is 1. The van der Waals surface area contributed by atoms with E-state index in [1.807, 2.05) is 37.3 Å². The molecule has 3 rings (SSSR count). The molecule has 1 aromatic heterocycles. The van der Waals surface area contributed by atoms with Gasteiger partial charge in [-0.1, -0.05) is 35.9 Å². The summed E-state index contributed by atoms with van der Waals surface area (Å²) in [6.45, 7) is 2.41. The van der Waals surface area contributed by atoms with E-state index in [0.29, 0.717) is 24.1 Å². The van der Waals surface area contributed by atoms with Gasteiger partial charge >= 0.3 is 5.76 Å². The molecule has 0 radical (unpaired) electrons. The molecule has 0 unspecified atom stereocenters. The van der Waals surface area contributed by atoms with Gasteiger partial charge in [-0.2, -0.15) is 0 Å². The highest BCUT2D eigenvalue weighted by Crippen LogP contribution is 2.12. The van der Waals surface area contributed by atoms with Crippen molar-refractivity contribution < 1.29 is 9.21 Å². The molecule has 3 aromatic rings. The van der Waals surface area contributed by atoms with Crippen molar-refractivity contribution in [1.82, 2.24) is 10.3 Å². The Balaban J connectivity index is 1.61. The first-order valence-corrected chi connectivity index (χ1v) is 7.04. The SMILES string of the molecule is Cc1ccc(CC(=O)NCc2ccc3[nH]c(=O)oc3c2)cc1. The van der Waals surface area contributed by atoms with Crippen LogP contribution in [0.3, 0.4) is 0 Å². The standard InChI is InChI=1S/C17H16N2O3/c1-11-2-4-12(5-3-11)9-16(20)18-10-13-6-7-14-15(8-13)22-17(21)19-14/h2-8H,9-10H2,1H3,(H,18,20)(H,19,21). The molecule has 0 atom stereocenters. The van der Waals surface area contributed by atoms with Crippen molar-refractivity contribution in [2.45, 2.75) is 19.9 Å². The van der Waals surface area contributed by atoms with Gasteiger partial charge in [-0.3, -0.25) is 9.78 Å². The van der Waals surface area contributed by atoms with Crippen LogP contribution in [0.5, 0.6) is 0 Å². The van der Waals surface area contributed by atoms with E-state index in [4.69, 9.17) is 4.42 Å². The predicted molar refractivity (Wildman–Crippen MR) is 83.6 cm³/mol. The van der Waals surface area contributed by atoms with Gasteiger partial charge in [0.25, 0.3) is 0 Å². The van der Waals surface area contributed by atoms with Gasteiger partial charge in [-0.15, -0.1) is 0 Å². The summed E-state index contributed by atoms with van der Waals surface area (Å²) in [6, 6.07) is 13.3. The summed E-state index contributed by atoms with van der Waals surface area (Å²) in [5.74, 6) is -0.518. The van der Waals surface area contributed by atoms with Gasteiger partial charge in [0.1, 0.15) is 0 Å². The van der Waals surface area contributed by atoms with Crippen molar-refractivity contribution in [2.75, 3.05) is 0 Å². The number of carbonyl (C=O) groups is 1. The lowest BCUT2D eigenvalue weighted by Gasteiger charge is -2.06. The number of benzene rings is 2. The molecule has 0 aliphatic heterocycles. The van der Waals surface area contributed by atoms with Crippen LogP contribution in [0.25, 0.3) is 11.1 Å². The Morgan fingerprint density at radius 1 is 1.14 bits per heavy atom. The molecule has 0 fully saturated rings. The average molecular weight is 296 g/mol. The Kier molecular flexibility index (Phi) is 3.78. The molecule has 0 spiro atoms. The summed E-state index contributed by atoms with van der Waals surface area (Å²) in [7, 11) is 0. The molecule has 1 amide bonds. The first kappa shape index (κ1) is 14.1. The van der Waals surface area contributed by atoms with Gasteiger partial charge in [-0.25, -0.2) is 4.79 Å². The number of aryl methyl sites for hydroxylation is 1. The van der Waals surface area contributed by atoms with Crippen molar-refractivity contribution >= 4 is 17.0 Å². The Morgan fingerprint density at radius 2 is 1.86 bits per heavy atom. The van der Waals surface area contributed by atoms with Crippen molar-refractivity contribution in [1.29, 1.82) is 0 Å². The zero-order chi connectivity index (χ0) is 15.5. The first-order valence-electron chi connectivity index (χ1n) is 7.04. The molecule has 1 heterocycles. The number of amides is 1. The molecule has 112 valence electrons. The fraction of sp³-hybridized carbons (Fsp3) is 0.176. The third-order valence-corrected chi connectivity index (χ3v) is 3.46. The summed E-state index contributed by atoms with van der Waals surface area (Å²) in [5, 5.41) is 2.86. The molecular weight excluding hydrogens is 280 g/mol. The number of fused-ring (bicyclic) bond motifs is 1. The normalized spacial score (nSPS) is 10.8. The summed E-state index contributed by atoms with van der Waals surface area (Å²) >= 11 is 0. The zero-order valence-electron chi connectivity index (χ0n) is 12.2. The van der Waals surface area contributed by atoms with E-state index in [9.17, 15) is 9.59 Å². The number of hydrogen-bond acceptors (Lipinski definition) is 3. The molecule has 2 aromatic carbocycles. The minimum Gasteiger partial charge on any atom is -0.408 e. The molecule has 0 aliphatic carbocycles. The number of hydrogen-bond donors (Lipinski definition) is 2. The third kappa shape index (κ3) is 3.25. The molecule has 0 saturated heterocycles. The van der Waals surface area contributed by atoms with Crippen molar-refractivity contribution in [3.05, 3.63) is 69.7 Å². The van der Waals surface area contributed by atoms with Crippen LogP contribution in [-0.4, -0.2) is 10.9 Å². The van der Waals surface area contributed by atoms with Crippen LogP contribution < -0.4 is 11.1 Å². The number of nitrogens with one attached hydrogen (secondary N) is 2. The maximum atomic E-state index is 11.9. The second-order valence-electron chi connectivity index (χ2n) is 5.28. The Hall–Kier alpha value is -2.82. The lowest BCUT2D eigenvalue weighted by molar-refractivity contribution is -0.120. The van der Waals surface area contributed by atoms with Gasteiger partial charge in [0, 0.05) is 6.54 Å². The van der Waals surface area contributed by atoms with Gasteiger partial charge in [0.15, 0.2) is 5.58 Å². The summed E-state index contributed by atoms with van der Waals surface area (Å²) in [6.07, 6.45) is 0.349. The first-order chi connectivity index (χ1) is 10.6. The summed E-state index contributed by atoms with van der Waals surface area (Å²) in [4.78, 5) is 25.6. The van der Waals surface area contributed by atoms with Crippen LogP contribution >= 0.6 is 0 Å². The van der Waals surface area contributed by atoms with Gasteiger partial charge in [0.2, 0.25) is 5.91 Å². The number of oxazole rings is 1. The van der Waals surface area contributed by atoms with Crippen LogP contribution in [0.2, 0.25) is 0 Å². The van der Waals surface area contributed by atoms with Crippen LogP contribution in [0.4, 0.5) is 0 Å². The van der Waals surface area contributed by atoms with Crippen LogP contribution in [0.15, 0.2) is 51.7 Å². The molecule has 2 N–H and O–H groups in total. The smallest absolute Gasteiger partial charge is 0.408 e. The fourth-order valence-corrected chi connectivity index (χ4v) is 2.25. The van der Waals surface area contributed by atoms with Gasteiger partial charge < -0.3 is 9.73 Å². The van der Waals surface area contributed by atoms with Crippen molar-refractivity contribution in [3.8, 4) is 0 Å². The Bertz CT molecular complexity index is 859. The lowest BCUT2D eigenvalue weighted by Crippen LogP contribution is -2.24. The third-order valence-electron chi connectivity index (χ3n) is 3.46. The van der Waals surface area contributed by atoms with Crippen LogP contribution in [0, 0.1) is 6.92 Å². The van der Waals surface area contributed by atoms with E-state index in [1.165, 1.54) is 5.56 Å². The summed E-state index contributed by atoms with van der Waals surface area (Å²) < 4.78 is 5.00. The Morgan fingerprint density at radius 3 is 2.64 bits per heavy atom. The average Bonchev–Trinajstić information content (AvgIpc) is 2.87. The highest BCUT2D eigenvalue weighted by Gasteiger charge is 2.05. The second-order valence-corrected chi connectivity index (χ2v) is 5.28. The maximum Gasteiger partial charge on any atom is 0.417 e. The van der Waals surface area contributed by atoms with E-state index < -0.39 is 5.76 Å². The van der Waals surface area contributed by atoms with E-state index in [0.717, 1.165) is 11.1 Å². The minimum atomic E-state index is -0.476. The van der Waals surface area contributed by atoms with Gasteiger partial charge in [0.05, 0.1) is 11.9 Å². The number of aromatic amines is 1. The van der Waals surface area contributed by atoms with E-state index in [1.54, 1.807) is 12.1 Å². The highest BCUT2D eigenvalue weighted by molar-refractivity contribution is 5.79. The topological polar surface area (TPSA) is 75.1 Å². The predicted octanol–water partition coefficient (Wildman–Crippen LogP) is 2.29. The minimum absolute atomic E-state index is 0.0422. The fourth-order valence-electron chi connectivity index (χ4n) is 2.25. The van der Waals surface area contributed by atoms with Crippen molar-refractivity contribution in [2.24, 2.45) is 0 Å². The second kappa shape index (κ2) is 5.89. The maximum absolute atomic E-state index is 11.9. The zero-order valence-corrected chi connectivity index (χ0v) is 12.2. The largest absolute Gasteiger partial charge is 0.417 e. The van der Waals surface area contributed by atoms with E-state index in [-0.39, 0.29) is 5.91 Å². The van der Waals surface area contributed by atoms with E-state index >= 15 is 0 Å². The quantitative estimate of drug-likeness (QED) is 0.775. The molecule has 22 heavy (non-hydrogen) atoms. The Labute approximate surface area is 127 Å². The van der Waals surface area contributed by atoms with Crippen LogP contribution in [-0.2, 0) is 17.8 Å². The monoisotopic (exact) mass is 296 g/mol. The molecule has 5 nitrogen and oxygen atoms in total. The molecule has 0 bridgehead atoms. The lowest BCUT2D eigenvalue weighted by atomic mass is 10.1.